The number of alkyl halides is 5. The molecule has 0 atom stereocenters. The van der Waals surface area contributed by atoms with Crippen molar-refractivity contribution in [3.05, 3.63) is 36.1 Å². The second kappa shape index (κ2) is 3.20. The average molecular weight is 236 g/mol. The molecule has 1 aromatic heterocycles. The van der Waals surface area contributed by atoms with E-state index in [1.54, 1.807) is 0 Å². The Balaban J connectivity index is 2.68. The molecular formula is C10H5F5O. The zero-order valence-electron chi connectivity index (χ0n) is 7.68. The van der Waals surface area contributed by atoms with Gasteiger partial charge >= 0.3 is 12.1 Å². The van der Waals surface area contributed by atoms with Crippen LogP contribution in [-0.4, -0.2) is 6.18 Å². The number of hydrogen-bond donors (Lipinski definition) is 0. The molecule has 0 amide bonds. The molecule has 1 aromatic carbocycles. The maximum Gasteiger partial charge on any atom is 0.458 e. The quantitative estimate of drug-likeness (QED) is 0.680. The first kappa shape index (κ1) is 10.9. The van der Waals surface area contributed by atoms with Crippen LogP contribution in [0, 0.1) is 0 Å². The molecule has 0 aliphatic rings. The molecule has 0 saturated carbocycles. The number of halogens is 5. The van der Waals surface area contributed by atoms with E-state index >= 15 is 0 Å². The Morgan fingerprint density at radius 3 is 2.25 bits per heavy atom. The Labute approximate surface area is 86.5 Å². The van der Waals surface area contributed by atoms with Crippen LogP contribution in [0.5, 0.6) is 0 Å². The molecule has 1 nitrogen and oxygen atoms in total. The summed E-state index contributed by atoms with van der Waals surface area (Å²) in [6.45, 7) is 0. The second-order valence-electron chi connectivity index (χ2n) is 3.22. The molecular weight excluding hydrogens is 231 g/mol. The topological polar surface area (TPSA) is 13.1 Å². The Morgan fingerprint density at radius 1 is 0.938 bits per heavy atom. The number of benzene rings is 1. The van der Waals surface area contributed by atoms with Crippen LogP contribution in [0.1, 0.15) is 5.56 Å². The highest BCUT2D eigenvalue weighted by atomic mass is 19.4. The minimum atomic E-state index is -5.63. The van der Waals surface area contributed by atoms with Crippen LogP contribution in [0.4, 0.5) is 22.0 Å². The summed E-state index contributed by atoms with van der Waals surface area (Å²) in [5, 5.41) is 0.210. The van der Waals surface area contributed by atoms with E-state index in [0.717, 1.165) is 12.3 Å². The van der Waals surface area contributed by atoms with Crippen LogP contribution in [0.2, 0.25) is 0 Å². The van der Waals surface area contributed by atoms with Crippen LogP contribution >= 0.6 is 0 Å². The van der Waals surface area contributed by atoms with Gasteiger partial charge in [-0.3, -0.25) is 0 Å². The van der Waals surface area contributed by atoms with Gasteiger partial charge in [-0.15, -0.1) is 0 Å². The summed E-state index contributed by atoms with van der Waals surface area (Å²) >= 11 is 0. The van der Waals surface area contributed by atoms with Gasteiger partial charge in [-0.05, 0) is 12.1 Å². The second-order valence-corrected chi connectivity index (χ2v) is 3.22. The highest BCUT2D eigenvalue weighted by Gasteiger charge is 2.59. The third kappa shape index (κ3) is 1.45. The highest BCUT2D eigenvalue weighted by Crippen LogP contribution is 2.46. The number of fused-ring (bicyclic) bond motifs is 1. The summed E-state index contributed by atoms with van der Waals surface area (Å²) in [6.07, 6.45) is -4.56. The monoisotopic (exact) mass is 236 g/mol. The van der Waals surface area contributed by atoms with Crippen LogP contribution < -0.4 is 0 Å². The van der Waals surface area contributed by atoms with Gasteiger partial charge in [-0.25, -0.2) is 0 Å². The average Bonchev–Trinajstić information content (AvgIpc) is 2.62. The summed E-state index contributed by atoms with van der Waals surface area (Å²) in [5.74, 6) is -4.91. The SMILES string of the molecule is FC(F)(F)C(F)(F)c1cccc2ccoc12. The molecule has 0 N–H and O–H groups in total. The lowest BCUT2D eigenvalue weighted by Crippen LogP contribution is -2.33. The van der Waals surface area contributed by atoms with Crippen LogP contribution in [0.15, 0.2) is 34.9 Å². The maximum atomic E-state index is 13.1. The molecule has 0 fully saturated rings. The lowest BCUT2D eigenvalue weighted by Gasteiger charge is -2.19. The van der Waals surface area contributed by atoms with E-state index < -0.39 is 23.2 Å². The smallest absolute Gasteiger partial charge is 0.458 e. The molecule has 0 spiro atoms. The van der Waals surface area contributed by atoms with Crippen molar-refractivity contribution in [3.8, 4) is 0 Å². The fraction of sp³-hybridized carbons (Fsp3) is 0.200. The van der Waals surface area contributed by atoms with Crippen molar-refractivity contribution in [2.45, 2.75) is 12.1 Å². The fourth-order valence-electron chi connectivity index (χ4n) is 1.39. The van der Waals surface area contributed by atoms with E-state index in [9.17, 15) is 22.0 Å². The van der Waals surface area contributed by atoms with E-state index in [4.69, 9.17) is 0 Å². The first-order chi connectivity index (χ1) is 7.34. The Morgan fingerprint density at radius 2 is 1.62 bits per heavy atom. The van der Waals surface area contributed by atoms with E-state index in [0.29, 0.717) is 6.07 Å². The molecule has 0 aliphatic carbocycles. The first-order valence-electron chi connectivity index (χ1n) is 4.25. The van der Waals surface area contributed by atoms with Gasteiger partial charge in [0.15, 0.2) is 0 Å². The van der Waals surface area contributed by atoms with Crippen molar-refractivity contribution in [3.63, 3.8) is 0 Å². The molecule has 0 aliphatic heterocycles. The van der Waals surface area contributed by atoms with Crippen LogP contribution in [-0.2, 0) is 5.92 Å². The van der Waals surface area contributed by atoms with Gasteiger partial charge in [0.25, 0.3) is 0 Å². The summed E-state index contributed by atoms with van der Waals surface area (Å²) in [5.41, 5.74) is -1.60. The van der Waals surface area contributed by atoms with E-state index in [1.807, 2.05) is 0 Å². The third-order valence-electron chi connectivity index (χ3n) is 2.17. The van der Waals surface area contributed by atoms with E-state index in [1.165, 1.54) is 12.1 Å². The van der Waals surface area contributed by atoms with Crippen LogP contribution in [0.3, 0.4) is 0 Å². The predicted molar refractivity (Wildman–Crippen MR) is 46.2 cm³/mol. The summed E-state index contributed by atoms with van der Waals surface area (Å²) in [7, 11) is 0. The summed E-state index contributed by atoms with van der Waals surface area (Å²) in [4.78, 5) is 0. The molecule has 0 unspecified atom stereocenters. The largest absolute Gasteiger partial charge is 0.464 e. The third-order valence-corrected chi connectivity index (χ3v) is 2.17. The van der Waals surface area contributed by atoms with Gasteiger partial charge in [-0.1, -0.05) is 12.1 Å². The van der Waals surface area contributed by atoms with Gasteiger partial charge in [0.1, 0.15) is 5.58 Å². The molecule has 0 saturated heterocycles. The summed E-state index contributed by atoms with van der Waals surface area (Å²) in [6, 6.07) is 4.56. The predicted octanol–water partition coefficient (Wildman–Crippen LogP) is 4.09. The fourth-order valence-corrected chi connectivity index (χ4v) is 1.39. The van der Waals surface area contributed by atoms with Gasteiger partial charge in [0, 0.05) is 5.39 Å². The Kier molecular flexibility index (Phi) is 2.18. The van der Waals surface area contributed by atoms with Crippen molar-refractivity contribution < 1.29 is 26.4 Å². The molecule has 0 bridgehead atoms. The van der Waals surface area contributed by atoms with Gasteiger partial charge in [-0.2, -0.15) is 22.0 Å². The van der Waals surface area contributed by atoms with Gasteiger partial charge in [0.05, 0.1) is 11.8 Å². The zero-order valence-corrected chi connectivity index (χ0v) is 7.68. The number of para-hydroxylation sites is 1. The molecule has 2 rings (SSSR count). The van der Waals surface area contributed by atoms with Gasteiger partial charge in [0.2, 0.25) is 0 Å². The minimum absolute atomic E-state index is 0.210. The van der Waals surface area contributed by atoms with Crippen molar-refractivity contribution in [1.82, 2.24) is 0 Å². The molecule has 6 heteroatoms. The lowest BCUT2D eigenvalue weighted by atomic mass is 10.1. The molecule has 1 heterocycles. The summed E-state index contributed by atoms with van der Waals surface area (Å²) < 4.78 is 67.3. The highest BCUT2D eigenvalue weighted by molar-refractivity contribution is 5.81. The van der Waals surface area contributed by atoms with Crippen molar-refractivity contribution in [2.75, 3.05) is 0 Å². The standard InChI is InChI=1S/C10H5F5O/c11-9(12,10(13,14)15)7-3-1-2-6-4-5-16-8(6)7/h1-5H. The molecule has 86 valence electrons. The van der Waals surface area contributed by atoms with Gasteiger partial charge < -0.3 is 4.42 Å². The van der Waals surface area contributed by atoms with Crippen LogP contribution in [0.25, 0.3) is 11.0 Å². The molecule has 2 aromatic rings. The first-order valence-corrected chi connectivity index (χ1v) is 4.25. The minimum Gasteiger partial charge on any atom is -0.464 e. The number of rotatable bonds is 1. The maximum absolute atomic E-state index is 13.1. The number of furan rings is 1. The van der Waals surface area contributed by atoms with E-state index in [-0.39, 0.29) is 5.39 Å². The van der Waals surface area contributed by atoms with Crippen molar-refractivity contribution in [1.29, 1.82) is 0 Å². The Hall–Kier alpha value is -1.59. The zero-order chi connectivity index (χ0) is 12.0. The molecule has 16 heavy (non-hydrogen) atoms. The van der Waals surface area contributed by atoms with Crippen molar-refractivity contribution >= 4 is 11.0 Å². The normalized spacial score (nSPS) is 13.3. The van der Waals surface area contributed by atoms with E-state index in [2.05, 4.69) is 4.42 Å². The Bertz CT molecular complexity index is 511. The lowest BCUT2D eigenvalue weighted by molar-refractivity contribution is -0.289. The van der Waals surface area contributed by atoms with Crippen molar-refractivity contribution in [2.24, 2.45) is 0 Å². The molecule has 0 radical (unpaired) electrons. The number of hydrogen-bond acceptors (Lipinski definition) is 1.